The third-order valence-corrected chi connectivity index (χ3v) is 7.42. The molecule has 0 aliphatic carbocycles. The number of aliphatic hydroxyl groups excluding tert-OH is 5. The van der Waals surface area contributed by atoms with Crippen LogP contribution in [0.15, 0.2) is 33.5 Å². The van der Waals surface area contributed by atoms with Crippen LogP contribution in [0.4, 0.5) is 0 Å². The Kier molecular flexibility index (Phi) is 8.51. The van der Waals surface area contributed by atoms with E-state index in [1.807, 2.05) is 0 Å². The van der Waals surface area contributed by atoms with Crippen molar-refractivity contribution in [1.29, 1.82) is 0 Å². The van der Waals surface area contributed by atoms with Crippen molar-refractivity contribution in [1.82, 2.24) is 0 Å². The molecule has 2 aliphatic rings. The van der Waals surface area contributed by atoms with Crippen molar-refractivity contribution in [3.63, 3.8) is 0 Å². The standard InChI is InChI=1S/C27H30O17/c1-39-21-12(32)5-13-15(17(21)34)18(35)22(20(41-13)9-2-3-10(30)11(31)4-9)43-25-23(19(36)16(33)14(6-28)42-25)44-26-24(37)27(38,7-29)8-40-26/h2-5,14,16,19,23-26,28-34,36-38H,6-8H2,1H3/t14-,16-,19+,23-,24+,25+,26+,27-/m1/s1. The van der Waals surface area contributed by atoms with Crippen molar-refractivity contribution in [2.45, 2.75) is 48.7 Å². The molecule has 1 aromatic heterocycles. The summed E-state index contributed by atoms with van der Waals surface area (Å²) in [6.45, 7) is -2.35. The van der Waals surface area contributed by atoms with E-state index in [1.165, 1.54) is 6.07 Å². The Balaban J connectivity index is 1.65. The van der Waals surface area contributed by atoms with Crippen LogP contribution in [0.2, 0.25) is 0 Å². The van der Waals surface area contributed by atoms with E-state index in [9.17, 15) is 55.9 Å². The van der Waals surface area contributed by atoms with E-state index in [2.05, 4.69) is 0 Å². The second kappa shape index (κ2) is 11.9. The number of aromatic hydroxyl groups is 4. The van der Waals surface area contributed by atoms with Crippen LogP contribution in [-0.4, -0.2) is 127 Å². The van der Waals surface area contributed by atoms with Gasteiger partial charge in [-0.3, -0.25) is 4.79 Å². The van der Waals surface area contributed by atoms with Crippen molar-refractivity contribution in [3.8, 4) is 45.8 Å². The van der Waals surface area contributed by atoms with Crippen molar-refractivity contribution in [2.75, 3.05) is 26.9 Å². The molecule has 2 saturated heterocycles. The third-order valence-electron chi connectivity index (χ3n) is 7.42. The molecule has 0 bridgehead atoms. The number of methoxy groups -OCH3 is 1. The highest BCUT2D eigenvalue weighted by molar-refractivity contribution is 5.91. The molecule has 44 heavy (non-hydrogen) atoms. The minimum atomic E-state index is -2.14. The highest BCUT2D eigenvalue weighted by atomic mass is 16.8. The summed E-state index contributed by atoms with van der Waals surface area (Å²) in [5, 5.41) is 102. The molecular weight excluding hydrogens is 596 g/mol. The minimum absolute atomic E-state index is 0.0702. The summed E-state index contributed by atoms with van der Waals surface area (Å²) >= 11 is 0. The molecule has 17 heteroatoms. The van der Waals surface area contributed by atoms with Gasteiger partial charge in [-0.25, -0.2) is 0 Å². The molecule has 8 atom stereocenters. The number of benzene rings is 2. The van der Waals surface area contributed by atoms with Crippen LogP contribution >= 0.6 is 0 Å². The van der Waals surface area contributed by atoms with Gasteiger partial charge in [0.1, 0.15) is 41.0 Å². The second-order valence-corrected chi connectivity index (χ2v) is 10.3. The molecule has 5 rings (SSSR count). The van der Waals surface area contributed by atoms with E-state index >= 15 is 0 Å². The fraction of sp³-hybridized carbons (Fsp3) is 0.444. The van der Waals surface area contributed by atoms with Gasteiger partial charge in [-0.2, -0.15) is 0 Å². The monoisotopic (exact) mass is 626 g/mol. The van der Waals surface area contributed by atoms with Gasteiger partial charge in [0, 0.05) is 11.6 Å². The predicted octanol–water partition coefficient (Wildman–Crippen LogP) is -2.07. The summed E-state index contributed by atoms with van der Waals surface area (Å²) in [6, 6.07) is 4.25. The zero-order valence-corrected chi connectivity index (χ0v) is 22.8. The predicted molar refractivity (Wildman–Crippen MR) is 142 cm³/mol. The smallest absolute Gasteiger partial charge is 0.239 e. The molecule has 240 valence electrons. The quantitative estimate of drug-likeness (QED) is 0.120. The highest BCUT2D eigenvalue weighted by Crippen LogP contribution is 2.44. The topological polar surface area (TPSA) is 279 Å². The van der Waals surface area contributed by atoms with Crippen LogP contribution < -0.4 is 14.9 Å². The van der Waals surface area contributed by atoms with Crippen molar-refractivity contribution in [3.05, 3.63) is 34.5 Å². The number of aliphatic hydroxyl groups is 6. The number of hydrogen-bond acceptors (Lipinski definition) is 17. The van der Waals surface area contributed by atoms with Crippen molar-refractivity contribution in [2.24, 2.45) is 0 Å². The number of ether oxygens (including phenoxy) is 5. The lowest BCUT2D eigenvalue weighted by Gasteiger charge is -2.42. The molecule has 0 unspecified atom stereocenters. The Hall–Kier alpha value is -3.91. The maximum absolute atomic E-state index is 13.9. The van der Waals surface area contributed by atoms with E-state index in [4.69, 9.17) is 28.1 Å². The van der Waals surface area contributed by atoms with Crippen LogP contribution in [0.1, 0.15) is 0 Å². The van der Waals surface area contributed by atoms with Crippen LogP contribution in [0.25, 0.3) is 22.3 Å². The summed E-state index contributed by atoms with van der Waals surface area (Å²) < 4.78 is 33.1. The maximum atomic E-state index is 13.9. The Morgan fingerprint density at radius 1 is 0.955 bits per heavy atom. The molecule has 2 fully saturated rings. The summed E-state index contributed by atoms with van der Waals surface area (Å²) in [5.41, 5.74) is -3.67. The van der Waals surface area contributed by atoms with Crippen molar-refractivity contribution >= 4 is 11.0 Å². The first-order chi connectivity index (χ1) is 20.8. The van der Waals surface area contributed by atoms with E-state index < -0.39 is 120 Å². The van der Waals surface area contributed by atoms with Crippen LogP contribution in [0, 0.1) is 0 Å². The molecule has 0 spiro atoms. The average molecular weight is 627 g/mol. The third kappa shape index (κ3) is 5.23. The van der Waals surface area contributed by atoms with E-state index in [1.54, 1.807) is 0 Å². The van der Waals surface area contributed by atoms with E-state index in [0.717, 1.165) is 25.3 Å². The first kappa shape index (κ1) is 31.5. The van der Waals surface area contributed by atoms with Crippen LogP contribution in [-0.2, 0) is 14.2 Å². The average Bonchev–Trinajstić information content (AvgIpc) is 3.28. The number of phenols is 4. The van der Waals surface area contributed by atoms with Gasteiger partial charge in [0.25, 0.3) is 0 Å². The summed E-state index contributed by atoms with van der Waals surface area (Å²) in [6.07, 6.45) is -12.5. The molecule has 3 aromatic rings. The summed E-state index contributed by atoms with van der Waals surface area (Å²) in [7, 11) is 1.12. The Morgan fingerprint density at radius 3 is 2.30 bits per heavy atom. The second-order valence-electron chi connectivity index (χ2n) is 10.3. The maximum Gasteiger partial charge on any atom is 0.239 e. The van der Waals surface area contributed by atoms with Gasteiger partial charge in [-0.15, -0.1) is 0 Å². The fourth-order valence-electron chi connectivity index (χ4n) is 4.93. The lowest BCUT2D eigenvalue weighted by molar-refractivity contribution is -0.319. The van der Waals surface area contributed by atoms with Gasteiger partial charge in [0.15, 0.2) is 41.2 Å². The van der Waals surface area contributed by atoms with Crippen molar-refractivity contribution < 1.29 is 79.2 Å². The number of fused-ring (bicyclic) bond motifs is 1. The Labute approximate surface area is 246 Å². The number of hydrogen-bond donors (Lipinski definition) is 10. The molecule has 2 aliphatic heterocycles. The van der Waals surface area contributed by atoms with Crippen LogP contribution in [0.3, 0.4) is 0 Å². The lowest BCUT2D eigenvalue weighted by Crippen LogP contribution is -2.62. The van der Waals surface area contributed by atoms with E-state index in [-0.39, 0.29) is 11.1 Å². The molecule has 0 amide bonds. The van der Waals surface area contributed by atoms with Gasteiger partial charge < -0.3 is 79.2 Å². The zero-order chi connectivity index (χ0) is 32.1. The zero-order valence-electron chi connectivity index (χ0n) is 22.8. The van der Waals surface area contributed by atoms with Gasteiger partial charge in [0.05, 0.1) is 26.9 Å². The van der Waals surface area contributed by atoms with Crippen LogP contribution in [0.5, 0.6) is 34.5 Å². The minimum Gasteiger partial charge on any atom is -0.504 e. The summed E-state index contributed by atoms with van der Waals surface area (Å²) in [4.78, 5) is 13.9. The van der Waals surface area contributed by atoms with Gasteiger partial charge in [-0.1, -0.05) is 0 Å². The van der Waals surface area contributed by atoms with Gasteiger partial charge in [-0.05, 0) is 18.2 Å². The van der Waals surface area contributed by atoms with Gasteiger partial charge in [0.2, 0.25) is 23.2 Å². The largest absolute Gasteiger partial charge is 0.504 e. The van der Waals surface area contributed by atoms with Gasteiger partial charge >= 0.3 is 0 Å². The SMILES string of the molecule is COc1c(O)cc2oc(-c3ccc(O)c(O)c3)c(O[C@@H]3O[C@H](CO)[C@@H](O)[C@H](O)[C@H]3O[C@@H]3OC[C@](O)(CO)[C@H]3O)c(=O)c2c1O. The fourth-order valence-corrected chi connectivity index (χ4v) is 4.93. The van der Waals surface area contributed by atoms with E-state index in [0.29, 0.717) is 0 Å². The first-order valence-corrected chi connectivity index (χ1v) is 13.0. The highest BCUT2D eigenvalue weighted by Gasteiger charge is 2.53. The summed E-state index contributed by atoms with van der Waals surface area (Å²) in [5.74, 6) is -4.27. The molecule has 3 heterocycles. The molecule has 0 saturated carbocycles. The molecule has 10 N–H and O–H groups in total. The molecule has 0 radical (unpaired) electrons. The number of rotatable bonds is 8. The number of phenolic OH excluding ortho intramolecular Hbond substituents is 4. The normalized spacial score (nSPS) is 30.5. The first-order valence-electron chi connectivity index (χ1n) is 13.0. The Morgan fingerprint density at radius 2 is 1.68 bits per heavy atom. The lowest BCUT2D eigenvalue weighted by atomic mass is 9.98. The molecular formula is C27H30O17. The Bertz CT molecular complexity index is 1590. The molecule has 2 aromatic carbocycles. The molecule has 17 nitrogen and oxygen atoms in total.